The second-order valence-electron chi connectivity index (χ2n) is 4.75. The van der Waals surface area contributed by atoms with E-state index >= 15 is 0 Å². The van der Waals surface area contributed by atoms with Crippen LogP contribution in [0.4, 0.5) is 5.95 Å². The number of amides is 1. The first-order chi connectivity index (χ1) is 9.78. The number of rotatable bonds is 2. The second kappa shape index (κ2) is 5.28. The Bertz CT molecular complexity index is 647. The monoisotopic (exact) mass is 268 g/mol. The highest BCUT2D eigenvalue weighted by Crippen LogP contribution is 2.16. The lowest BCUT2D eigenvalue weighted by molar-refractivity contribution is -0.126. The van der Waals surface area contributed by atoms with Gasteiger partial charge < -0.3 is 9.80 Å². The summed E-state index contributed by atoms with van der Waals surface area (Å²) in [6.45, 7) is 6.38. The molecule has 0 bridgehead atoms. The van der Waals surface area contributed by atoms with Crippen LogP contribution in [0, 0.1) is 0 Å². The molecule has 1 aromatic heterocycles. The van der Waals surface area contributed by atoms with Gasteiger partial charge in [0.25, 0.3) is 0 Å². The molecule has 0 unspecified atom stereocenters. The fourth-order valence-corrected chi connectivity index (χ4v) is 2.37. The lowest BCUT2D eigenvalue weighted by Gasteiger charge is -2.34. The minimum absolute atomic E-state index is 0.0101. The van der Waals surface area contributed by atoms with E-state index in [9.17, 15) is 4.79 Å². The minimum Gasteiger partial charge on any atom is -0.337 e. The first kappa shape index (κ1) is 12.6. The zero-order valence-corrected chi connectivity index (χ0v) is 11.2. The summed E-state index contributed by atoms with van der Waals surface area (Å²) >= 11 is 0. The Balaban J connectivity index is 1.76. The molecule has 1 aliphatic rings. The number of carbonyl (C=O) groups excluding carboxylic acids is 1. The summed E-state index contributed by atoms with van der Waals surface area (Å²) in [6, 6.07) is 7.93. The Morgan fingerprint density at radius 1 is 1.20 bits per heavy atom. The highest BCUT2D eigenvalue weighted by Gasteiger charge is 2.21. The molecule has 5 nitrogen and oxygen atoms in total. The maximum Gasteiger partial charge on any atom is 0.246 e. The van der Waals surface area contributed by atoms with E-state index in [-0.39, 0.29) is 5.91 Å². The molecule has 0 atom stereocenters. The van der Waals surface area contributed by atoms with Crippen LogP contribution in [0.3, 0.4) is 0 Å². The SMILES string of the molecule is C=CC(=O)N1CCN(c2ncc3ccccc3n2)CC1. The molecule has 0 saturated carbocycles. The maximum atomic E-state index is 11.5. The molecule has 1 fully saturated rings. The standard InChI is InChI=1S/C15H16N4O/c1-2-14(20)18-7-9-19(10-8-18)15-16-11-12-5-3-4-6-13(12)17-15/h2-6,11H,1,7-10H2. The number of carbonyl (C=O) groups is 1. The van der Waals surface area contributed by atoms with Crippen molar-refractivity contribution in [2.75, 3.05) is 31.1 Å². The summed E-state index contributed by atoms with van der Waals surface area (Å²) in [7, 11) is 0. The lowest BCUT2D eigenvalue weighted by Crippen LogP contribution is -2.48. The van der Waals surface area contributed by atoms with Crippen molar-refractivity contribution < 1.29 is 4.79 Å². The number of hydrogen-bond donors (Lipinski definition) is 0. The van der Waals surface area contributed by atoms with Gasteiger partial charge in [-0.05, 0) is 12.1 Å². The lowest BCUT2D eigenvalue weighted by atomic mass is 10.2. The van der Waals surface area contributed by atoms with Gasteiger partial charge in [-0.1, -0.05) is 24.8 Å². The van der Waals surface area contributed by atoms with Crippen LogP contribution in [-0.4, -0.2) is 47.0 Å². The van der Waals surface area contributed by atoms with Crippen LogP contribution in [0.1, 0.15) is 0 Å². The number of hydrogen-bond acceptors (Lipinski definition) is 4. The first-order valence-electron chi connectivity index (χ1n) is 6.66. The number of piperazine rings is 1. The van der Waals surface area contributed by atoms with Crippen molar-refractivity contribution in [3.05, 3.63) is 43.1 Å². The largest absolute Gasteiger partial charge is 0.337 e. The van der Waals surface area contributed by atoms with Crippen LogP contribution in [-0.2, 0) is 4.79 Å². The van der Waals surface area contributed by atoms with Gasteiger partial charge in [0.1, 0.15) is 0 Å². The van der Waals surface area contributed by atoms with Gasteiger partial charge >= 0.3 is 0 Å². The highest BCUT2D eigenvalue weighted by atomic mass is 16.2. The summed E-state index contributed by atoms with van der Waals surface area (Å²) in [5, 5.41) is 1.04. The van der Waals surface area contributed by atoms with Crippen LogP contribution in [0.5, 0.6) is 0 Å². The maximum absolute atomic E-state index is 11.5. The summed E-state index contributed by atoms with van der Waals surface area (Å²) in [6.07, 6.45) is 3.21. The molecule has 3 rings (SSSR count). The topological polar surface area (TPSA) is 49.3 Å². The zero-order valence-electron chi connectivity index (χ0n) is 11.2. The van der Waals surface area contributed by atoms with Crippen molar-refractivity contribution >= 4 is 22.8 Å². The molecule has 2 aromatic rings. The van der Waals surface area contributed by atoms with E-state index in [1.165, 1.54) is 6.08 Å². The van der Waals surface area contributed by atoms with E-state index in [0.717, 1.165) is 29.9 Å². The summed E-state index contributed by atoms with van der Waals surface area (Å²) in [4.78, 5) is 24.4. The highest BCUT2D eigenvalue weighted by molar-refractivity contribution is 5.87. The van der Waals surface area contributed by atoms with Crippen molar-refractivity contribution in [2.24, 2.45) is 0 Å². The zero-order chi connectivity index (χ0) is 13.9. The summed E-state index contributed by atoms with van der Waals surface area (Å²) in [5.41, 5.74) is 0.946. The quantitative estimate of drug-likeness (QED) is 0.774. The third-order valence-corrected chi connectivity index (χ3v) is 3.53. The minimum atomic E-state index is -0.0101. The van der Waals surface area contributed by atoms with Crippen LogP contribution < -0.4 is 4.90 Å². The van der Waals surface area contributed by atoms with Gasteiger partial charge in [0.2, 0.25) is 11.9 Å². The molecule has 5 heteroatoms. The number of fused-ring (bicyclic) bond motifs is 1. The predicted molar refractivity (Wildman–Crippen MR) is 78.5 cm³/mol. The van der Waals surface area contributed by atoms with Gasteiger partial charge in [-0.2, -0.15) is 0 Å². The van der Waals surface area contributed by atoms with Gasteiger partial charge in [0.15, 0.2) is 0 Å². The Morgan fingerprint density at radius 2 is 1.95 bits per heavy atom. The molecular weight excluding hydrogens is 252 g/mol. The molecule has 0 spiro atoms. The average molecular weight is 268 g/mol. The van der Waals surface area contributed by atoms with Crippen LogP contribution in [0.25, 0.3) is 10.9 Å². The third kappa shape index (κ3) is 2.34. The van der Waals surface area contributed by atoms with E-state index in [0.29, 0.717) is 13.1 Å². The fourth-order valence-electron chi connectivity index (χ4n) is 2.37. The van der Waals surface area contributed by atoms with E-state index < -0.39 is 0 Å². The van der Waals surface area contributed by atoms with Crippen molar-refractivity contribution in [2.45, 2.75) is 0 Å². The first-order valence-corrected chi connectivity index (χ1v) is 6.66. The van der Waals surface area contributed by atoms with Crippen molar-refractivity contribution in [3.8, 4) is 0 Å². The number of nitrogens with zero attached hydrogens (tertiary/aromatic N) is 4. The Hall–Kier alpha value is -2.43. The average Bonchev–Trinajstić information content (AvgIpc) is 2.54. The molecule has 1 saturated heterocycles. The van der Waals surface area contributed by atoms with Crippen molar-refractivity contribution in [1.82, 2.24) is 14.9 Å². The summed E-state index contributed by atoms with van der Waals surface area (Å²) < 4.78 is 0. The smallest absolute Gasteiger partial charge is 0.246 e. The van der Waals surface area contributed by atoms with Crippen LogP contribution in [0.15, 0.2) is 43.1 Å². The number of benzene rings is 1. The van der Waals surface area contributed by atoms with Crippen molar-refractivity contribution in [3.63, 3.8) is 0 Å². The van der Waals surface area contributed by atoms with Gasteiger partial charge in [0, 0.05) is 37.8 Å². The molecule has 1 aliphatic heterocycles. The second-order valence-corrected chi connectivity index (χ2v) is 4.75. The van der Waals surface area contributed by atoms with Crippen molar-refractivity contribution in [1.29, 1.82) is 0 Å². The number of anilines is 1. The Labute approximate surface area is 117 Å². The molecular formula is C15H16N4O. The Morgan fingerprint density at radius 3 is 2.70 bits per heavy atom. The molecule has 0 N–H and O–H groups in total. The van der Waals surface area contributed by atoms with E-state index in [1.807, 2.05) is 30.5 Å². The van der Waals surface area contributed by atoms with Gasteiger partial charge in [0.05, 0.1) is 5.52 Å². The predicted octanol–water partition coefficient (Wildman–Crippen LogP) is 1.46. The van der Waals surface area contributed by atoms with Gasteiger partial charge in [-0.15, -0.1) is 0 Å². The normalized spacial score (nSPS) is 15.4. The molecule has 1 amide bonds. The van der Waals surface area contributed by atoms with E-state index in [1.54, 1.807) is 4.90 Å². The van der Waals surface area contributed by atoms with Crippen LogP contribution >= 0.6 is 0 Å². The molecule has 102 valence electrons. The third-order valence-electron chi connectivity index (χ3n) is 3.53. The van der Waals surface area contributed by atoms with E-state index in [2.05, 4.69) is 21.4 Å². The molecule has 0 radical (unpaired) electrons. The van der Waals surface area contributed by atoms with Crippen LogP contribution in [0.2, 0.25) is 0 Å². The van der Waals surface area contributed by atoms with E-state index in [4.69, 9.17) is 0 Å². The molecule has 0 aliphatic carbocycles. The molecule has 20 heavy (non-hydrogen) atoms. The Kier molecular flexibility index (Phi) is 3.33. The fraction of sp³-hybridized carbons (Fsp3) is 0.267. The molecule has 2 heterocycles. The van der Waals surface area contributed by atoms with Gasteiger partial charge in [-0.25, -0.2) is 9.97 Å². The number of aromatic nitrogens is 2. The summed E-state index contributed by atoms with van der Waals surface area (Å²) in [5.74, 6) is 0.721. The molecule has 1 aromatic carbocycles. The number of para-hydroxylation sites is 1. The van der Waals surface area contributed by atoms with Gasteiger partial charge in [-0.3, -0.25) is 4.79 Å².